The van der Waals surface area contributed by atoms with E-state index in [0.29, 0.717) is 5.92 Å². The Balaban J connectivity index is 2.09. The van der Waals surface area contributed by atoms with Gasteiger partial charge in [0, 0.05) is 6.20 Å². The molecule has 112 valence electrons. The molecule has 1 aliphatic carbocycles. The van der Waals surface area contributed by atoms with E-state index in [1.807, 2.05) is 6.20 Å². The SMILES string of the molecule is CCCOc1cncc(C(NN)C2CCCCCC2)c1. The highest BCUT2D eigenvalue weighted by Gasteiger charge is 2.23. The third-order valence-corrected chi connectivity index (χ3v) is 4.12. The second-order valence-electron chi connectivity index (χ2n) is 5.70. The Kier molecular flexibility index (Phi) is 6.27. The zero-order valence-electron chi connectivity index (χ0n) is 12.5. The summed E-state index contributed by atoms with van der Waals surface area (Å²) in [4.78, 5) is 4.30. The molecule has 1 unspecified atom stereocenters. The molecule has 4 nitrogen and oxygen atoms in total. The van der Waals surface area contributed by atoms with Crippen LogP contribution in [-0.2, 0) is 0 Å². The van der Waals surface area contributed by atoms with E-state index in [9.17, 15) is 0 Å². The van der Waals surface area contributed by atoms with Crippen LogP contribution in [0.3, 0.4) is 0 Å². The minimum Gasteiger partial charge on any atom is -0.492 e. The molecule has 2 rings (SSSR count). The van der Waals surface area contributed by atoms with E-state index in [2.05, 4.69) is 23.4 Å². The molecule has 0 radical (unpaired) electrons. The highest BCUT2D eigenvalue weighted by atomic mass is 16.5. The van der Waals surface area contributed by atoms with Crippen LogP contribution >= 0.6 is 0 Å². The summed E-state index contributed by atoms with van der Waals surface area (Å²) < 4.78 is 5.67. The van der Waals surface area contributed by atoms with Crippen molar-refractivity contribution in [3.05, 3.63) is 24.0 Å². The summed E-state index contributed by atoms with van der Waals surface area (Å²) in [5.74, 6) is 7.27. The Hall–Kier alpha value is -1.13. The Morgan fingerprint density at radius 1 is 1.30 bits per heavy atom. The van der Waals surface area contributed by atoms with Gasteiger partial charge in [-0.15, -0.1) is 0 Å². The fourth-order valence-corrected chi connectivity index (χ4v) is 3.05. The van der Waals surface area contributed by atoms with Crippen molar-refractivity contribution in [1.29, 1.82) is 0 Å². The summed E-state index contributed by atoms with van der Waals surface area (Å²) in [6.45, 7) is 2.84. The number of nitrogens with two attached hydrogens (primary N) is 1. The molecule has 0 saturated heterocycles. The van der Waals surface area contributed by atoms with Crippen molar-refractivity contribution in [1.82, 2.24) is 10.4 Å². The lowest BCUT2D eigenvalue weighted by molar-refractivity contribution is 0.309. The van der Waals surface area contributed by atoms with E-state index in [1.165, 1.54) is 38.5 Å². The van der Waals surface area contributed by atoms with Gasteiger partial charge in [0.15, 0.2) is 0 Å². The van der Waals surface area contributed by atoms with Crippen molar-refractivity contribution in [3.63, 3.8) is 0 Å². The summed E-state index contributed by atoms with van der Waals surface area (Å²) in [5.41, 5.74) is 4.15. The monoisotopic (exact) mass is 277 g/mol. The van der Waals surface area contributed by atoms with Crippen LogP contribution in [0, 0.1) is 5.92 Å². The van der Waals surface area contributed by atoms with Gasteiger partial charge in [0.25, 0.3) is 0 Å². The highest BCUT2D eigenvalue weighted by molar-refractivity contribution is 5.26. The van der Waals surface area contributed by atoms with E-state index in [-0.39, 0.29) is 6.04 Å². The van der Waals surface area contributed by atoms with Crippen molar-refractivity contribution < 1.29 is 4.74 Å². The van der Waals surface area contributed by atoms with Crippen LogP contribution < -0.4 is 16.0 Å². The van der Waals surface area contributed by atoms with Crippen molar-refractivity contribution in [2.24, 2.45) is 11.8 Å². The lowest BCUT2D eigenvalue weighted by Gasteiger charge is -2.26. The van der Waals surface area contributed by atoms with Gasteiger partial charge < -0.3 is 4.74 Å². The molecule has 1 atom stereocenters. The van der Waals surface area contributed by atoms with Crippen LogP contribution in [0.25, 0.3) is 0 Å². The van der Waals surface area contributed by atoms with Crippen LogP contribution in [-0.4, -0.2) is 11.6 Å². The quantitative estimate of drug-likeness (QED) is 0.475. The number of pyridine rings is 1. The summed E-state index contributed by atoms with van der Waals surface area (Å²) in [5, 5.41) is 0. The van der Waals surface area contributed by atoms with Gasteiger partial charge in [-0.05, 0) is 36.8 Å². The maximum absolute atomic E-state index is 5.82. The minimum absolute atomic E-state index is 0.186. The average molecular weight is 277 g/mol. The number of nitrogens with zero attached hydrogens (tertiary/aromatic N) is 1. The van der Waals surface area contributed by atoms with Crippen molar-refractivity contribution >= 4 is 0 Å². The van der Waals surface area contributed by atoms with Gasteiger partial charge in [0.05, 0.1) is 18.8 Å². The molecule has 0 amide bonds. The Bertz CT molecular complexity index is 389. The number of ether oxygens (including phenoxy) is 1. The normalized spacial score (nSPS) is 18.5. The molecule has 0 aliphatic heterocycles. The second-order valence-corrected chi connectivity index (χ2v) is 5.70. The molecule has 1 aromatic heterocycles. The smallest absolute Gasteiger partial charge is 0.137 e. The molecule has 4 heteroatoms. The fourth-order valence-electron chi connectivity index (χ4n) is 3.05. The predicted molar refractivity (Wildman–Crippen MR) is 81.3 cm³/mol. The number of rotatable bonds is 6. The molecular weight excluding hydrogens is 250 g/mol. The van der Waals surface area contributed by atoms with Crippen molar-refractivity contribution in [2.45, 2.75) is 57.9 Å². The topological polar surface area (TPSA) is 60.2 Å². The predicted octanol–water partition coefficient (Wildman–Crippen LogP) is 3.35. The van der Waals surface area contributed by atoms with Crippen LogP contribution in [0.15, 0.2) is 18.5 Å². The van der Waals surface area contributed by atoms with E-state index in [0.717, 1.165) is 24.3 Å². The summed E-state index contributed by atoms with van der Waals surface area (Å²) in [6.07, 6.45) is 12.5. The van der Waals surface area contributed by atoms with Crippen LogP contribution in [0.4, 0.5) is 0 Å². The Labute approximate surface area is 122 Å². The van der Waals surface area contributed by atoms with Gasteiger partial charge in [0.2, 0.25) is 0 Å². The molecule has 1 saturated carbocycles. The minimum atomic E-state index is 0.186. The summed E-state index contributed by atoms with van der Waals surface area (Å²) >= 11 is 0. The number of aromatic nitrogens is 1. The Morgan fingerprint density at radius 2 is 2.05 bits per heavy atom. The first kappa shape index (κ1) is 15.3. The first-order valence-corrected chi connectivity index (χ1v) is 7.89. The number of hydrogen-bond acceptors (Lipinski definition) is 4. The van der Waals surface area contributed by atoms with E-state index < -0.39 is 0 Å². The molecular formula is C16H27N3O. The van der Waals surface area contributed by atoms with E-state index in [1.54, 1.807) is 6.20 Å². The average Bonchev–Trinajstić information content (AvgIpc) is 2.76. The lowest BCUT2D eigenvalue weighted by Crippen LogP contribution is -2.33. The van der Waals surface area contributed by atoms with E-state index in [4.69, 9.17) is 10.6 Å². The fraction of sp³-hybridized carbons (Fsp3) is 0.688. The van der Waals surface area contributed by atoms with Crippen LogP contribution in [0.2, 0.25) is 0 Å². The Morgan fingerprint density at radius 3 is 2.70 bits per heavy atom. The zero-order chi connectivity index (χ0) is 14.2. The molecule has 0 spiro atoms. The molecule has 1 fully saturated rings. The van der Waals surface area contributed by atoms with Crippen molar-refractivity contribution in [3.8, 4) is 5.75 Å². The largest absolute Gasteiger partial charge is 0.492 e. The maximum Gasteiger partial charge on any atom is 0.137 e. The first-order valence-electron chi connectivity index (χ1n) is 7.89. The standard InChI is InChI=1S/C16H27N3O/c1-2-9-20-15-10-14(11-18-12-15)16(19-17)13-7-5-3-4-6-8-13/h10-13,16,19H,2-9,17H2,1H3. The number of hydrazine groups is 1. The summed E-state index contributed by atoms with van der Waals surface area (Å²) in [7, 11) is 0. The second kappa shape index (κ2) is 8.22. The molecule has 1 aromatic rings. The lowest BCUT2D eigenvalue weighted by atomic mass is 9.88. The number of nitrogens with one attached hydrogen (secondary N) is 1. The molecule has 3 N–H and O–H groups in total. The van der Waals surface area contributed by atoms with Gasteiger partial charge in [-0.3, -0.25) is 16.3 Å². The molecule has 20 heavy (non-hydrogen) atoms. The van der Waals surface area contributed by atoms with Gasteiger partial charge >= 0.3 is 0 Å². The number of hydrogen-bond donors (Lipinski definition) is 2. The molecule has 0 aromatic carbocycles. The van der Waals surface area contributed by atoms with Gasteiger partial charge in [-0.2, -0.15) is 0 Å². The van der Waals surface area contributed by atoms with E-state index >= 15 is 0 Å². The third-order valence-electron chi connectivity index (χ3n) is 4.12. The maximum atomic E-state index is 5.82. The van der Waals surface area contributed by atoms with Crippen LogP contribution in [0.1, 0.15) is 63.5 Å². The summed E-state index contributed by atoms with van der Waals surface area (Å²) in [6, 6.07) is 2.27. The highest BCUT2D eigenvalue weighted by Crippen LogP contribution is 2.33. The first-order chi connectivity index (χ1) is 9.85. The van der Waals surface area contributed by atoms with Crippen LogP contribution in [0.5, 0.6) is 5.75 Å². The van der Waals surface area contributed by atoms with Crippen molar-refractivity contribution in [2.75, 3.05) is 6.61 Å². The van der Waals surface area contributed by atoms with Gasteiger partial charge in [-0.1, -0.05) is 32.6 Å². The molecule has 1 heterocycles. The third kappa shape index (κ3) is 4.18. The molecule has 1 aliphatic rings. The van der Waals surface area contributed by atoms with Gasteiger partial charge in [-0.25, -0.2) is 0 Å². The zero-order valence-corrected chi connectivity index (χ0v) is 12.5. The van der Waals surface area contributed by atoms with Gasteiger partial charge in [0.1, 0.15) is 5.75 Å². The molecule has 0 bridgehead atoms.